The highest BCUT2D eigenvalue weighted by Gasteiger charge is 2.29. The normalized spacial score (nSPS) is 22.5. The summed E-state index contributed by atoms with van der Waals surface area (Å²) in [6.45, 7) is 3.11. The summed E-state index contributed by atoms with van der Waals surface area (Å²) in [6.07, 6.45) is 14.6. The molecule has 0 spiro atoms. The van der Waals surface area contributed by atoms with E-state index in [-0.39, 0.29) is 11.8 Å². The topological polar surface area (TPSA) is 63.1 Å². The molecule has 29 heavy (non-hydrogen) atoms. The number of amides is 1. The van der Waals surface area contributed by atoms with E-state index in [9.17, 15) is 4.79 Å². The Morgan fingerprint density at radius 3 is 2.52 bits per heavy atom. The molecule has 3 aliphatic rings. The van der Waals surface area contributed by atoms with Crippen LogP contribution in [0.15, 0.2) is 24.5 Å². The number of anilines is 2. The number of carbonyl (C=O) groups is 1. The van der Waals surface area contributed by atoms with E-state index in [1.165, 1.54) is 56.5 Å². The molecular weight excluding hydrogens is 362 g/mol. The molecule has 6 nitrogen and oxygen atoms in total. The maximum absolute atomic E-state index is 12.8. The van der Waals surface area contributed by atoms with Gasteiger partial charge in [-0.15, -0.1) is 0 Å². The van der Waals surface area contributed by atoms with Gasteiger partial charge < -0.3 is 14.8 Å². The molecule has 1 unspecified atom stereocenters. The molecular formula is C23H31N5O. The lowest BCUT2D eigenvalue weighted by molar-refractivity contribution is -0.120. The third kappa shape index (κ3) is 3.89. The standard InChI is InChI=1S/C23H31N5O/c29-23(26-21-9-8-19(15-24-21)27-11-4-5-12-27)18-10-13-28-20(14-18)16-25-22(28)17-6-2-1-3-7-17/h8-9,15-18H,1-7,10-14H2,(H,24,26,29). The Kier molecular flexibility index (Phi) is 5.25. The van der Waals surface area contributed by atoms with Crippen LogP contribution in [0.25, 0.3) is 0 Å². The number of hydrogen-bond acceptors (Lipinski definition) is 4. The highest BCUT2D eigenvalue weighted by Crippen LogP contribution is 2.34. The molecule has 1 atom stereocenters. The first-order chi connectivity index (χ1) is 14.3. The average Bonchev–Trinajstić information content (AvgIpc) is 3.45. The summed E-state index contributed by atoms with van der Waals surface area (Å²) < 4.78 is 2.39. The molecule has 5 rings (SSSR count). The van der Waals surface area contributed by atoms with Gasteiger partial charge in [-0.3, -0.25) is 4.79 Å². The number of nitrogens with one attached hydrogen (secondary N) is 1. The van der Waals surface area contributed by atoms with Crippen LogP contribution in [0.1, 0.15) is 68.8 Å². The second-order valence-corrected chi connectivity index (χ2v) is 8.87. The molecule has 0 radical (unpaired) electrons. The summed E-state index contributed by atoms with van der Waals surface area (Å²) in [5, 5.41) is 3.03. The zero-order chi connectivity index (χ0) is 19.6. The van der Waals surface area contributed by atoms with Crippen molar-refractivity contribution in [1.29, 1.82) is 0 Å². The average molecular weight is 394 g/mol. The van der Waals surface area contributed by atoms with E-state index < -0.39 is 0 Å². The van der Waals surface area contributed by atoms with Gasteiger partial charge in [-0.1, -0.05) is 19.3 Å². The van der Waals surface area contributed by atoms with Crippen molar-refractivity contribution in [3.63, 3.8) is 0 Å². The molecule has 0 aromatic carbocycles. The first kappa shape index (κ1) is 18.6. The lowest BCUT2D eigenvalue weighted by atomic mass is 9.88. The van der Waals surface area contributed by atoms with Gasteiger partial charge in [0.05, 0.1) is 11.9 Å². The van der Waals surface area contributed by atoms with Crippen LogP contribution >= 0.6 is 0 Å². The number of hydrogen-bond donors (Lipinski definition) is 1. The minimum absolute atomic E-state index is 0.00142. The van der Waals surface area contributed by atoms with Crippen molar-refractivity contribution in [3.05, 3.63) is 36.0 Å². The van der Waals surface area contributed by atoms with Gasteiger partial charge in [0.1, 0.15) is 11.6 Å². The summed E-state index contributed by atoms with van der Waals surface area (Å²) in [5.74, 6) is 2.61. The van der Waals surface area contributed by atoms with Crippen LogP contribution in [0, 0.1) is 5.92 Å². The minimum Gasteiger partial charge on any atom is -0.370 e. The Labute approximate surface area is 172 Å². The number of fused-ring (bicyclic) bond motifs is 1. The van der Waals surface area contributed by atoms with Crippen LogP contribution in [0.4, 0.5) is 11.5 Å². The quantitative estimate of drug-likeness (QED) is 0.848. The fourth-order valence-corrected chi connectivity index (χ4v) is 5.25. The van der Waals surface area contributed by atoms with Crippen molar-refractivity contribution in [2.24, 2.45) is 5.92 Å². The molecule has 6 heteroatoms. The van der Waals surface area contributed by atoms with Gasteiger partial charge >= 0.3 is 0 Å². The Hall–Kier alpha value is -2.37. The van der Waals surface area contributed by atoms with Crippen molar-refractivity contribution in [1.82, 2.24) is 14.5 Å². The molecule has 2 aromatic heterocycles. The number of aromatic nitrogens is 3. The minimum atomic E-state index is -0.00142. The van der Waals surface area contributed by atoms with Gasteiger partial charge in [-0.25, -0.2) is 9.97 Å². The first-order valence-corrected chi connectivity index (χ1v) is 11.3. The van der Waals surface area contributed by atoms with Crippen molar-refractivity contribution < 1.29 is 4.79 Å². The molecule has 1 amide bonds. The van der Waals surface area contributed by atoms with Crippen molar-refractivity contribution in [2.75, 3.05) is 23.3 Å². The second kappa shape index (κ2) is 8.17. The van der Waals surface area contributed by atoms with Crippen molar-refractivity contribution in [2.45, 2.75) is 70.3 Å². The summed E-state index contributed by atoms with van der Waals surface area (Å²) in [5.41, 5.74) is 2.37. The largest absolute Gasteiger partial charge is 0.370 e. The van der Waals surface area contributed by atoms with Gasteiger partial charge in [0, 0.05) is 49.8 Å². The van der Waals surface area contributed by atoms with Crippen LogP contribution in [0.2, 0.25) is 0 Å². The Balaban J connectivity index is 1.21. The number of rotatable bonds is 4. The van der Waals surface area contributed by atoms with Gasteiger partial charge in [-0.2, -0.15) is 0 Å². The molecule has 2 aliphatic heterocycles. The number of pyridine rings is 1. The summed E-state index contributed by atoms with van der Waals surface area (Å²) in [7, 11) is 0. The first-order valence-electron chi connectivity index (χ1n) is 11.3. The van der Waals surface area contributed by atoms with Crippen LogP contribution < -0.4 is 10.2 Å². The molecule has 1 saturated carbocycles. The van der Waals surface area contributed by atoms with E-state index in [0.717, 1.165) is 38.2 Å². The Bertz CT molecular complexity index is 847. The lowest BCUT2D eigenvalue weighted by Crippen LogP contribution is -2.31. The van der Waals surface area contributed by atoms with Gasteiger partial charge in [0.25, 0.3) is 0 Å². The third-order valence-electron chi connectivity index (χ3n) is 6.94. The van der Waals surface area contributed by atoms with E-state index in [0.29, 0.717) is 11.7 Å². The smallest absolute Gasteiger partial charge is 0.229 e. The van der Waals surface area contributed by atoms with Crippen LogP contribution in [0.5, 0.6) is 0 Å². The highest BCUT2D eigenvalue weighted by molar-refractivity contribution is 5.92. The zero-order valence-corrected chi connectivity index (χ0v) is 17.1. The van der Waals surface area contributed by atoms with Crippen molar-refractivity contribution in [3.8, 4) is 0 Å². The molecule has 2 fully saturated rings. The number of imidazole rings is 1. The van der Waals surface area contributed by atoms with Gasteiger partial charge in [-0.05, 0) is 44.2 Å². The van der Waals surface area contributed by atoms with E-state index in [4.69, 9.17) is 4.98 Å². The maximum Gasteiger partial charge on any atom is 0.229 e. The predicted molar refractivity (Wildman–Crippen MR) is 114 cm³/mol. The summed E-state index contributed by atoms with van der Waals surface area (Å²) >= 11 is 0. The Morgan fingerprint density at radius 2 is 1.76 bits per heavy atom. The zero-order valence-electron chi connectivity index (χ0n) is 17.1. The monoisotopic (exact) mass is 393 g/mol. The van der Waals surface area contributed by atoms with E-state index >= 15 is 0 Å². The Morgan fingerprint density at radius 1 is 0.931 bits per heavy atom. The predicted octanol–water partition coefficient (Wildman–Crippen LogP) is 4.13. The number of carbonyl (C=O) groups excluding carboxylic acids is 1. The number of nitrogens with zero attached hydrogens (tertiary/aromatic N) is 4. The summed E-state index contributed by atoms with van der Waals surface area (Å²) in [6, 6.07) is 4.00. The maximum atomic E-state index is 12.8. The molecule has 154 valence electrons. The molecule has 4 heterocycles. The fourth-order valence-electron chi connectivity index (χ4n) is 5.25. The SMILES string of the molecule is O=C(Nc1ccc(N2CCCC2)cn1)C1CCn2c(cnc2C2CCCCC2)C1. The fraction of sp³-hybridized carbons (Fsp3) is 0.609. The van der Waals surface area contributed by atoms with Crippen LogP contribution in [-0.4, -0.2) is 33.5 Å². The molecule has 1 N–H and O–H groups in total. The molecule has 1 aliphatic carbocycles. The van der Waals surface area contributed by atoms with Crippen LogP contribution in [-0.2, 0) is 17.8 Å². The van der Waals surface area contributed by atoms with Crippen molar-refractivity contribution >= 4 is 17.4 Å². The van der Waals surface area contributed by atoms with E-state index in [2.05, 4.69) is 25.8 Å². The van der Waals surface area contributed by atoms with Gasteiger partial charge in [0.2, 0.25) is 5.91 Å². The molecule has 2 aromatic rings. The van der Waals surface area contributed by atoms with Crippen LogP contribution in [0.3, 0.4) is 0 Å². The summed E-state index contributed by atoms with van der Waals surface area (Å²) in [4.78, 5) is 24.4. The van der Waals surface area contributed by atoms with Gasteiger partial charge in [0.15, 0.2) is 0 Å². The highest BCUT2D eigenvalue weighted by atomic mass is 16.1. The molecule has 1 saturated heterocycles. The lowest BCUT2D eigenvalue weighted by Gasteiger charge is -2.27. The van der Waals surface area contributed by atoms with E-state index in [1.807, 2.05) is 18.5 Å². The third-order valence-corrected chi connectivity index (χ3v) is 6.94. The van der Waals surface area contributed by atoms with E-state index in [1.54, 1.807) is 0 Å². The second-order valence-electron chi connectivity index (χ2n) is 8.87. The molecule has 0 bridgehead atoms.